The van der Waals surface area contributed by atoms with Crippen molar-refractivity contribution in [1.29, 1.82) is 0 Å². The number of hydrogen-bond donors (Lipinski definition) is 1. The molecule has 0 spiro atoms. The number of benzene rings is 1. The molecule has 0 atom stereocenters. The van der Waals surface area contributed by atoms with Crippen LogP contribution < -0.4 is 10.8 Å². The van der Waals surface area contributed by atoms with E-state index in [-0.39, 0.29) is 11.8 Å². The predicted molar refractivity (Wildman–Crippen MR) is 92.3 cm³/mol. The highest BCUT2D eigenvalue weighted by molar-refractivity contribution is 6.32. The van der Waals surface area contributed by atoms with E-state index in [9.17, 15) is 9.59 Å². The zero-order valence-corrected chi connectivity index (χ0v) is 13.8. The Morgan fingerprint density at radius 3 is 2.55 bits per heavy atom. The quantitative estimate of drug-likeness (QED) is 0.661. The Bertz CT molecular complexity index is 523. The van der Waals surface area contributed by atoms with Crippen LogP contribution in [0.15, 0.2) is 35.9 Å². The molecule has 1 aromatic rings. The summed E-state index contributed by atoms with van der Waals surface area (Å²) in [4.78, 5) is 25.0. The van der Waals surface area contributed by atoms with Gasteiger partial charge in [0.15, 0.2) is 0 Å². The van der Waals surface area contributed by atoms with Crippen molar-refractivity contribution in [1.82, 2.24) is 10.2 Å². The molecule has 3 radical (unpaired) electrons. The summed E-state index contributed by atoms with van der Waals surface area (Å²) in [6.45, 7) is 10.2. The highest BCUT2D eigenvalue weighted by atomic mass is 16.2. The van der Waals surface area contributed by atoms with Gasteiger partial charge in [-0.2, -0.15) is 0 Å². The maximum absolute atomic E-state index is 11.8. The Kier molecular flexibility index (Phi) is 9.67. The third-order valence-electron chi connectivity index (χ3n) is 2.63. The van der Waals surface area contributed by atoms with Gasteiger partial charge in [0.1, 0.15) is 7.85 Å². The Hall–Kier alpha value is -2.04. The third-order valence-corrected chi connectivity index (χ3v) is 2.63. The number of carbonyl (C=O) groups is 2. The van der Waals surface area contributed by atoms with Crippen LogP contribution in [0.25, 0.3) is 0 Å². The number of nitrogens with zero attached hydrogens (tertiary/aromatic N) is 1. The number of allylic oxidation sites excluding steroid dienone is 1. The van der Waals surface area contributed by atoms with Crippen molar-refractivity contribution in [3.63, 3.8) is 0 Å². The number of carbonyl (C=O) groups excluding carboxylic acids is 2. The van der Waals surface area contributed by atoms with Crippen molar-refractivity contribution in [2.75, 3.05) is 20.1 Å². The predicted octanol–water partition coefficient (Wildman–Crippen LogP) is 1.48. The molecule has 1 aromatic carbocycles. The summed E-state index contributed by atoms with van der Waals surface area (Å²) in [7, 11) is 7.29. The Balaban J connectivity index is 0.00000211. The molecular formula is C17H24BN2O2. The highest BCUT2D eigenvalue weighted by Crippen LogP contribution is 1.96. The van der Waals surface area contributed by atoms with Gasteiger partial charge in [-0.05, 0) is 19.9 Å². The van der Waals surface area contributed by atoms with Gasteiger partial charge in [-0.3, -0.25) is 9.59 Å². The molecule has 5 heteroatoms. The molecule has 0 aliphatic rings. The van der Waals surface area contributed by atoms with Crippen LogP contribution in [0.1, 0.15) is 31.1 Å². The topological polar surface area (TPSA) is 49.4 Å². The third kappa shape index (κ3) is 7.67. The van der Waals surface area contributed by atoms with Gasteiger partial charge in [-0.1, -0.05) is 43.1 Å². The van der Waals surface area contributed by atoms with Crippen LogP contribution >= 0.6 is 0 Å². The number of hydrogen-bond acceptors (Lipinski definition) is 2. The molecule has 4 nitrogen and oxygen atoms in total. The minimum atomic E-state index is -0.206. The van der Waals surface area contributed by atoms with Gasteiger partial charge in [0, 0.05) is 31.8 Å². The SMILES string of the molecule is CC.[B]c1cccc(C(=O)NCCN(C)C(=O)/C=C(\[CH2])C)c1. The summed E-state index contributed by atoms with van der Waals surface area (Å²) in [5, 5.41) is 2.74. The van der Waals surface area contributed by atoms with Crippen LogP contribution in [-0.4, -0.2) is 44.7 Å². The molecule has 1 rings (SSSR count). The molecule has 0 aliphatic heterocycles. The minimum Gasteiger partial charge on any atom is -0.350 e. The van der Waals surface area contributed by atoms with Crippen molar-refractivity contribution >= 4 is 25.1 Å². The van der Waals surface area contributed by atoms with E-state index in [0.29, 0.717) is 29.7 Å². The van der Waals surface area contributed by atoms with Crippen LogP contribution in [0, 0.1) is 6.92 Å². The fourth-order valence-corrected chi connectivity index (χ4v) is 1.55. The Morgan fingerprint density at radius 2 is 2.00 bits per heavy atom. The lowest BCUT2D eigenvalue weighted by Gasteiger charge is -2.15. The zero-order chi connectivity index (χ0) is 17.1. The number of likely N-dealkylation sites (N-methyl/N-ethyl adjacent to an activating group) is 1. The van der Waals surface area contributed by atoms with E-state index in [1.54, 1.807) is 38.2 Å². The largest absolute Gasteiger partial charge is 0.350 e. The summed E-state index contributed by atoms with van der Waals surface area (Å²) in [5.41, 5.74) is 1.75. The van der Waals surface area contributed by atoms with Gasteiger partial charge in [0.25, 0.3) is 5.91 Å². The van der Waals surface area contributed by atoms with E-state index in [0.717, 1.165) is 0 Å². The number of rotatable bonds is 5. The molecule has 0 heterocycles. The van der Waals surface area contributed by atoms with Crippen molar-refractivity contribution in [2.45, 2.75) is 20.8 Å². The monoisotopic (exact) mass is 299 g/mol. The first-order chi connectivity index (χ1) is 10.4. The summed E-state index contributed by atoms with van der Waals surface area (Å²) < 4.78 is 0. The first-order valence-electron chi connectivity index (χ1n) is 7.29. The molecule has 0 fully saturated rings. The maximum atomic E-state index is 11.8. The van der Waals surface area contributed by atoms with Crippen molar-refractivity contribution in [3.8, 4) is 0 Å². The van der Waals surface area contributed by atoms with Gasteiger partial charge in [-0.25, -0.2) is 0 Å². The number of amides is 2. The molecule has 22 heavy (non-hydrogen) atoms. The van der Waals surface area contributed by atoms with Gasteiger partial charge in [0.05, 0.1) is 0 Å². The van der Waals surface area contributed by atoms with Crippen LogP contribution in [0.3, 0.4) is 0 Å². The molecule has 0 bridgehead atoms. The number of nitrogens with one attached hydrogen (secondary N) is 1. The normalized spacial score (nSPS) is 10.3. The molecule has 0 aromatic heterocycles. The summed E-state index contributed by atoms with van der Waals surface area (Å²) in [5.74, 6) is -0.335. The van der Waals surface area contributed by atoms with E-state index in [1.807, 2.05) is 13.8 Å². The average Bonchev–Trinajstić information content (AvgIpc) is 2.48. The smallest absolute Gasteiger partial charge is 0.251 e. The zero-order valence-electron chi connectivity index (χ0n) is 13.8. The second-order valence-corrected chi connectivity index (χ2v) is 4.63. The highest BCUT2D eigenvalue weighted by Gasteiger charge is 2.07. The fourth-order valence-electron chi connectivity index (χ4n) is 1.55. The molecule has 0 unspecified atom stereocenters. The second-order valence-electron chi connectivity index (χ2n) is 4.63. The lowest BCUT2D eigenvalue weighted by molar-refractivity contribution is -0.124. The molecule has 1 N–H and O–H groups in total. The van der Waals surface area contributed by atoms with Gasteiger partial charge >= 0.3 is 0 Å². The summed E-state index contributed by atoms with van der Waals surface area (Å²) >= 11 is 0. The van der Waals surface area contributed by atoms with E-state index in [4.69, 9.17) is 7.85 Å². The second kappa shape index (κ2) is 10.7. The Labute approximate surface area is 135 Å². The van der Waals surface area contributed by atoms with Crippen LogP contribution in [0.4, 0.5) is 0 Å². The molecule has 0 saturated carbocycles. The first-order valence-corrected chi connectivity index (χ1v) is 7.29. The van der Waals surface area contributed by atoms with E-state index in [2.05, 4.69) is 12.2 Å². The van der Waals surface area contributed by atoms with E-state index >= 15 is 0 Å². The van der Waals surface area contributed by atoms with Crippen LogP contribution in [0.5, 0.6) is 0 Å². The lowest BCUT2D eigenvalue weighted by atomic mass is 9.94. The first kappa shape index (κ1) is 20.0. The standard InChI is InChI=1S/C15H18BN2O2.C2H6/c1-11(2)9-14(19)18(3)8-7-17-15(20)12-5-4-6-13(16)10-12;1-2/h4-6,9-10H,1,7-8H2,2-3H3,(H,17,20);1-2H3/b11-9+;. The van der Waals surface area contributed by atoms with Crippen molar-refractivity contribution < 1.29 is 9.59 Å². The molecule has 0 aliphatic carbocycles. The summed E-state index contributed by atoms with van der Waals surface area (Å²) in [6, 6.07) is 6.74. The molecule has 0 saturated heterocycles. The molecular weight excluding hydrogens is 275 g/mol. The van der Waals surface area contributed by atoms with Gasteiger partial charge in [-0.15, -0.1) is 0 Å². The van der Waals surface area contributed by atoms with Gasteiger partial charge < -0.3 is 10.2 Å². The van der Waals surface area contributed by atoms with Crippen LogP contribution in [-0.2, 0) is 4.79 Å². The molecule has 2 amide bonds. The average molecular weight is 299 g/mol. The summed E-state index contributed by atoms with van der Waals surface area (Å²) in [6.07, 6.45) is 1.46. The molecule has 117 valence electrons. The maximum Gasteiger partial charge on any atom is 0.251 e. The minimum absolute atomic E-state index is 0.129. The Morgan fingerprint density at radius 1 is 1.36 bits per heavy atom. The lowest BCUT2D eigenvalue weighted by Crippen LogP contribution is -2.35. The van der Waals surface area contributed by atoms with Gasteiger partial charge in [0.2, 0.25) is 5.91 Å². The van der Waals surface area contributed by atoms with Crippen molar-refractivity contribution in [3.05, 3.63) is 48.4 Å². The van der Waals surface area contributed by atoms with E-state index in [1.165, 1.54) is 11.0 Å². The van der Waals surface area contributed by atoms with Crippen LogP contribution in [0.2, 0.25) is 0 Å². The van der Waals surface area contributed by atoms with E-state index < -0.39 is 0 Å². The van der Waals surface area contributed by atoms with Crippen molar-refractivity contribution in [2.24, 2.45) is 0 Å². The fraction of sp³-hybridized carbons (Fsp3) is 0.353.